The van der Waals surface area contributed by atoms with Gasteiger partial charge in [0, 0.05) is 30.7 Å². The number of aromatic nitrogens is 1. The van der Waals surface area contributed by atoms with Crippen molar-refractivity contribution in [1.29, 1.82) is 0 Å². The van der Waals surface area contributed by atoms with Gasteiger partial charge in [-0.3, -0.25) is 4.79 Å². The van der Waals surface area contributed by atoms with Gasteiger partial charge < -0.3 is 24.4 Å². The lowest BCUT2D eigenvalue weighted by Crippen LogP contribution is -2.40. The van der Waals surface area contributed by atoms with Crippen molar-refractivity contribution in [3.8, 4) is 0 Å². The van der Waals surface area contributed by atoms with E-state index < -0.39 is 0 Å². The van der Waals surface area contributed by atoms with Gasteiger partial charge in [0.05, 0.1) is 24.9 Å². The van der Waals surface area contributed by atoms with Crippen molar-refractivity contribution in [2.45, 2.75) is 40.3 Å². The number of H-pyrrole nitrogens is 1. The molecule has 6 nitrogen and oxygen atoms in total. The first-order chi connectivity index (χ1) is 14.5. The Kier molecular flexibility index (Phi) is 7.65. The van der Waals surface area contributed by atoms with Crippen molar-refractivity contribution in [2.24, 2.45) is 0 Å². The highest BCUT2D eigenvalue weighted by atomic mass is 32.1. The van der Waals surface area contributed by atoms with E-state index in [0.717, 1.165) is 34.2 Å². The summed E-state index contributed by atoms with van der Waals surface area (Å²) < 4.78 is 10.9. The smallest absolute Gasteiger partial charge is 0.253 e. The van der Waals surface area contributed by atoms with Crippen LogP contribution in [0.4, 0.5) is 0 Å². The minimum atomic E-state index is -0.0974. The summed E-state index contributed by atoms with van der Waals surface area (Å²) in [6.07, 6.45) is 2.50. The Balaban J connectivity index is 1.81. The van der Waals surface area contributed by atoms with Gasteiger partial charge in [-0.2, -0.15) is 0 Å². The van der Waals surface area contributed by atoms with Crippen LogP contribution in [0.25, 0.3) is 10.9 Å². The summed E-state index contributed by atoms with van der Waals surface area (Å²) in [6, 6.07) is 9.83. The van der Waals surface area contributed by atoms with E-state index >= 15 is 0 Å². The third-order valence-electron chi connectivity index (χ3n) is 5.04. The van der Waals surface area contributed by atoms with Crippen molar-refractivity contribution >= 4 is 28.2 Å². The predicted octanol–water partition coefficient (Wildman–Crippen LogP) is 4.04. The molecule has 0 aliphatic heterocycles. The van der Waals surface area contributed by atoms with Crippen LogP contribution in [0.1, 0.15) is 35.8 Å². The summed E-state index contributed by atoms with van der Waals surface area (Å²) in [6.45, 7) is 9.00. The van der Waals surface area contributed by atoms with Crippen molar-refractivity contribution in [3.63, 3.8) is 0 Å². The molecule has 0 bridgehead atoms. The summed E-state index contributed by atoms with van der Waals surface area (Å²) >= 11 is 5.63. The van der Waals surface area contributed by atoms with Gasteiger partial charge in [0.1, 0.15) is 5.76 Å². The van der Waals surface area contributed by atoms with Gasteiger partial charge in [0.25, 0.3) is 5.56 Å². The van der Waals surface area contributed by atoms with Gasteiger partial charge >= 0.3 is 0 Å². The third-order valence-corrected chi connectivity index (χ3v) is 5.44. The number of aromatic amines is 1. The second-order valence-corrected chi connectivity index (χ2v) is 7.72. The number of fused-ring (bicyclic) bond motifs is 1. The molecule has 3 aromatic rings. The molecule has 30 heavy (non-hydrogen) atoms. The number of hydrogen-bond acceptors (Lipinski definition) is 4. The fourth-order valence-electron chi connectivity index (χ4n) is 3.36. The number of thiocarbonyl (C=S) groups is 1. The molecule has 0 radical (unpaired) electrons. The lowest BCUT2D eigenvalue weighted by Gasteiger charge is -2.25. The molecule has 0 amide bonds. The van der Waals surface area contributed by atoms with E-state index in [2.05, 4.69) is 23.3 Å². The highest BCUT2D eigenvalue weighted by Crippen LogP contribution is 2.20. The molecule has 160 valence electrons. The molecule has 7 heteroatoms. The maximum absolute atomic E-state index is 12.8. The fraction of sp³-hybridized carbons (Fsp3) is 0.391. The van der Waals surface area contributed by atoms with Gasteiger partial charge in [0.2, 0.25) is 0 Å². The van der Waals surface area contributed by atoms with Gasteiger partial charge in [-0.1, -0.05) is 12.1 Å². The second kappa shape index (κ2) is 10.4. The first-order valence-corrected chi connectivity index (χ1v) is 10.7. The maximum atomic E-state index is 12.8. The van der Waals surface area contributed by atoms with E-state index in [-0.39, 0.29) is 5.56 Å². The standard InChI is InChI=1S/C23H29N3O3S/c1-4-28-11-6-10-24-23(30)26(15-19-7-5-12-29-19)14-18-13-20-16(2)8-9-17(3)21(20)25-22(18)27/h5,7-9,12-13H,4,6,10-11,14-15H2,1-3H3,(H,24,30)(H,25,27). The average Bonchev–Trinajstić information content (AvgIpc) is 3.24. The van der Waals surface area contributed by atoms with Crippen molar-refractivity contribution < 1.29 is 9.15 Å². The number of benzene rings is 1. The van der Waals surface area contributed by atoms with Crippen LogP contribution in [0.2, 0.25) is 0 Å². The zero-order valence-corrected chi connectivity index (χ0v) is 18.6. The fourth-order valence-corrected chi connectivity index (χ4v) is 3.59. The van der Waals surface area contributed by atoms with Gasteiger partial charge in [-0.25, -0.2) is 0 Å². The molecule has 2 heterocycles. The molecule has 0 unspecified atom stereocenters. The number of nitrogens with one attached hydrogen (secondary N) is 2. The van der Waals surface area contributed by atoms with E-state index in [0.29, 0.717) is 43.5 Å². The van der Waals surface area contributed by atoms with E-state index in [1.807, 2.05) is 43.0 Å². The van der Waals surface area contributed by atoms with Crippen molar-refractivity contribution in [1.82, 2.24) is 15.2 Å². The lowest BCUT2D eigenvalue weighted by atomic mass is 10.0. The molecule has 0 saturated carbocycles. The average molecular weight is 428 g/mol. The zero-order valence-electron chi connectivity index (χ0n) is 17.8. The number of aryl methyl sites for hydroxylation is 2. The normalized spacial score (nSPS) is 11.0. The van der Waals surface area contributed by atoms with Crippen molar-refractivity contribution in [3.05, 3.63) is 69.4 Å². The molecule has 3 rings (SSSR count). The van der Waals surface area contributed by atoms with Crippen LogP contribution < -0.4 is 10.9 Å². The van der Waals surface area contributed by atoms with E-state index in [9.17, 15) is 4.79 Å². The van der Waals surface area contributed by atoms with Gasteiger partial charge in [-0.05, 0) is 68.7 Å². The monoisotopic (exact) mass is 427 g/mol. The second-order valence-electron chi connectivity index (χ2n) is 7.33. The lowest BCUT2D eigenvalue weighted by molar-refractivity contribution is 0.145. The third kappa shape index (κ3) is 5.49. The minimum absolute atomic E-state index is 0.0974. The molecular formula is C23H29N3O3S. The van der Waals surface area contributed by atoms with Crippen LogP contribution in [-0.2, 0) is 17.8 Å². The first kappa shape index (κ1) is 22.1. The molecule has 0 aliphatic carbocycles. The molecule has 0 fully saturated rings. The molecule has 2 N–H and O–H groups in total. The Labute approximate surface area is 182 Å². The Morgan fingerprint density at radius 2 is 2.03 bits per heavy atom. The predicted molar refractivity (Wildman–Crippen MR) is 124 cm³/mol. The number of furan rings is 1. The van der Waals surface area contributed by atoms with E-state index in [1.54, 1.807) is 6.26 Å². The number of hydrogen-bond donors (Lipinski definition) is 2. The molecule has 0 atom stereocenters. The number of rotatable bonds is 9. The largest absolute Gasteiger partial charge is 0.467 e. The maximum Gasteiger partial charge on any atom is 0.253 e. The molecule has 2 aromatic heterocycles. The van der Waals surface area contributed by atoms with Crippen molar-refractivity contribution in [2.75, 3.05) is 19.8 Å². The summed E-state index contributed by atoms with van der Waals surface area (Å²) in [5.74, 6) is 0.790. The van der Waals surface area contributed by atoms with Crippen LogP contribution in [0.3, 0.4) is 0 Å². The molecule has 0 saturated heterocycles. The number of pyridine rings is 1. The zero-order chi connectivity index (χ0) is 21.5. The Hall–Kier alpha value is -2.64. The minimum Gasteiger partial charge on any atom is -0.467 e. The van der Waals surface area contributed by atoms with Crippen LogP contribution in [0, 0.1) is 13.8 Å². The number of nitrogens with zero attached hydrogens (tertiary/aromatic N) is 1. The van der Waals surface area contributed by atoms with Crippen LogP contribution in [-0.4, -0.2) is 34.8 Å². The Morgan fingerprint density at radius 1 is 1.23 bits per heavy atom. The highest BCUT2D eigenvalue weighted by molar-refractivity contribution is 7.80. The molecule has 0 spiro atoms. The molecule has 1 aromatic carbocycles. The van der Waals surface area contributed by atoms with Gasteiger partial charge in [0.15, 0.2) is 5.11 Å². The summed E-state index contributed by atoms with van der Waals surface area (Å²) in [4.78, 5) is 17.8. The quantitative estimate of drug-likeness (QED) is 0.397. The van der Waals surface area contributed by atoms with Gasteiger partial charge in [-0.15, -0.1) is 0 Å². The SMILES string of the molecule is CCOCCCNC(=S)N(Cc1ccco1)Cc1cc2c(C)ccc(C)c2[nH]c1=O. The summed E-state index contributed by atoms with van der Waals surface area (Å²) in [5.41, 5.74) is 3.64. The molecule has 0 aliphatic rings. The van der Waals surface area contributed by atoms with Crippen LogP contribution in [0.15, 0.2) is 45.8 Å². The Morgan fingerprint density at radius 3 is 2.77 bits per heavy atom. The number of ether oxygens (including phenoxy) is 1. The molecular weight excluding hydrogens is 398 g/mol. The summed E-state index contributed by atoms with van der Waals surface area (Å²) in [7, 11) is 0. The summed E-state index contributed by atoms with van der Waals surface area (Å²) in [5, 5.41) is 4.92. The van der Waals surface area contributed by atoms with Crippen LogP contribution >= 0.6 is 12.2 Å². The Bertz CT molecular complexity index is 1040. The highest BCUT2D eigenvalue weighted by Gasteiger charge is 2.16. The van der Waals surface area contributed by atoms with E-state index in [4.69, 9.17) is 21.4 Å². The first-order valence-electron chi connectivity index (χ1n) is 10.2. The van der Waals surface area contributed by atoms with Crippen LogP contribution in [0.5, 0.6) is 0 Å². The topological polar surface area (TPSA) is 70.5 Å². The van der Waals surface area contributed by atoms with E-state index in [1.165, 1.54) is 0 Å².